The highest BCUT2D eigenvalue weighted by atomic mass is 15.2. The van der Waals surface area contributed by atoms with E-state index in [9.17, 15) is 0 Å². The number of anilines is 2. The Kier molecular flexibility index (Phi) is 4.39. The summed E-state index contributed by atoms with van der Waals surface area (Å²) < 4.78 is 0. The summed E-state index contributed by atoms with van der Waals surface area (Å²) in [6, 6.07) is 16.5. The van der Waals surface area contributed by atoms with Crippen molar-refractivity contribution in [1.82, 2.24) is 10.2 Å². The second-order valence-electron chi connectivity index (χ2n) is 5.40. The van der Waals surface area contributed by atoms with E-state index in [-0.39, 0.29) is 0 Å². The zero-order valence-corrected chi connectivity index (χ0v) is 13.1. The van der Waals surface area contributed by atoms with Gasteiger partial charge in [0.15, 0.2) is 0 Å². The molecule has 0 atom stereocenters. The number of hydrogen-bond donors (Lipinski definition) is 2. The Morgan fingerprint density at radius 3 is 2.59 bits per heavy atom. The third-order valence-corrected chi connectivity index (χ3v) is 3.80. The Morgan fingerprint density at radius 2 is 1.77 bits per heavy atom. The molecule has 1 aliphatic rings. The molecule has 0 fully saturated rings. The summed E-state index contributed by atoms with van der Waals surface area (Å²) in [5.74, 6) is 1.01. The number of amidine groups is 1. The summed E-state index contributed by atoms with van der Waals surface area (Å²) in [6.45, 7) is 4.98. The van der Waals surface area contributed by atoms with Gasteiger partial charge in [-0.05, 0) is 30.8 Å². The maximum Gasteiger partial charge on any atom is 0.138 e. The minimum atomic E-state index is 0.920. The first-order valence-electron chi connectivity index (χ1n) is 7.75. The summed E-state index contributed by atoms with van der Waals surface area (Å²) in [5.41, 5.74) is 4.26. The number of fused-ring (bicyclic) bond motifs is 2. The molecule has 2 aromatic rings. The van der Waals surface area contributed by atoms with Crippen LogP contribution in [0.4, 0.5) is 17.1 Å². The van der Waals surface area contributed by atoms with Crippen LogP contribution < -0.4 is 10.6 Å². The minimum absolute atomic E-state index is 0.920. The summed E-state index contributed by atoms with van der Waals surface area (Å²) in [6.07, 6.45) is 0. The molecule has 2 aromatic carbocycles. The van der Waals surface area contributed by atoms with Gasteiger partial charge in [-0.2, -0.15) is 0 Å². The van der Waals surface area contributed by atoms with Crippen LogP contribution in [0.2, 0.25) is 0 Å². The number of nitrogens with zero attached hydrogens (tertiary/aromatic N) is 2. The quantitative estimate of drug-likeness (QED) is 0.849. The van der Waals surface area contributed by atoms with Gasteiger partial charge in [-0.15, -0.1) is 0 Å². The summed E-state index contributed by atoms with van der Waals surface area (Å²) in [5, 5.41) is 6.86. The molecule has 0 aliphatic carbocycles. The first-order valence-corrected chi connectivity index (χ1v) is 7.75. The van der Waals surface area contributed by atoms with E-state index in [0.29, 0.717) is 0 Å². The van der Waals surface area contributed by atoms with Crippen molar-refractivity contribution in [1.29, 1.82) is 0 Å². The topological polar surface area (TPSA) is 39.7 Å². The average Bonchev–Trinajstić information content (AvgIpc) is 2.71. The molecule has 3 rings (SSSR count). The number of likely N-dealkylation sites (N-methyl/N-ethyl adjacent to an activating group) is 2. The van der Waals surface area contributed by atoms with E-state index in [0.717, 1.165) is 48.1 Å². The number of rotatable bonds is 4. The van der Waals surface area contributed by atoms with Crippen LogP contribution >= 0.6 is 0 Å². The van der Waals surface area contributed by atoms with Crippen molar-refractivity contribution in [3.05, 3.63) is 54.1 Å². The molecule has 1 heterocycles. The van der Waals surface area contributed by atoms with Crippen LogP contribution in [-0.4, -0.2) is 37.4 Å². The highest BCUT2D eigenvalue weighted by molar-refractivity contribution is 6.07. The van der Waals surface area contributed by atoms with Crippen LogP contribution in [0.1, 0.15) is 12.5 Å². The lowest BCUT2D eigenvalue weighted by Crippen LogP contribution is -2.34. The van der Waals surface area contributed by atoms with Gasteiger partial charge in [0.1, 0.15) is 5.84 Å². The fraction of sp³-hybridized carbons (Fsp3) is 0.278. The minimum Gasteiger partial charge on any atom is -0.358 e. The molecule has 0 unspecified atom stereocenters. The summed E-state index contributed by atoms with van der Waals surface area (Å²) in [4.78, 5) is 7.12. The number of hydrogen-bond acceptors (Lipinski definition) is 4. The van der Waals surface area contributed by atoms with Gasteiger partial charge in [-0.1, -0.05) is 31.2 Å². The van der Waals surface area contributed by atoms with E-state index in [1.54, 1.807) is 0 Å². The molecule has 4 heteroatoms. The lowest BCUT2D eigenvalue weighted by atomic mass is 10.1. The normalized spacial score (nSPS) is 12.5. The molecule has 2 N–H and O–H groups in total. The van der Waals surface area contributed by atoms with Crippen molar-refractivity contribution in [2.45, 2.75) is 6.92 Å². The maximum absolute atomic E-state index is 4.91. The smallest absolute Gasteiger partial charge is 0.138 e. The van der Waals surface area contributed by atoms with Crippen LogP contribution in [0.5, 0.6) is 0 Å². The van der Waals surface area contributed by atoms with Gasteiger partial charge >= 0.3 is 0 Å². The zero-order valence-electron chi connectivity index (χ0n) is 13.1. The third kappa shape index (κ3) is 2.97. The lowest BCUT2D eigenvalue weighted by Gasteiger charge is -2.22. The van der Waals surface area contributed by atoms with E-state index in [1.165, 1.54) is 0 Å². The monoisotopic (exact) mass is 294 g/mol. The fourth-order valence-corrected chi connectivity index (χ4v) is 2.60. The molecular weight excluding hydrogens is 272 g/mol. The first kappa shape index (κ1) is 14.6. The highest BCUT2D eigenvalue weighted by Crippen LogP contribution is 2.34. The van der Waals surface area contributed by atoms with Gasteiger partial charge in [0.25, 0.3) is 0 Å². The van der Waals surface area contributed by atoms with E-state index in [1.807, 2.05) is 18.2 Å². The van der Waals surface area contributed by atoms with E-state index < -0.39 is 0 Å². The Morgan fingerprint density at radius 1 is 1.05 bits per heavy atom. The van der Waals surface area contributed by atoms with Crippen molar-refractivity contribution in [3.63, 3.8) is 0 Å². The summed E-state index contributed by atoms with van der Waals surface area (Å²) in [7, 11) is 2.10. The van der Waals surface area contributed by atoms with Gasteiger partial charge in [-0.25, -0.2) is 4.99 Å². The van der Waals surface area contributed by atoms with E-state index in [4.69, 9.17) is 4.99 Å². The Balaban J connectivity index is 2.00. The first-order chi connectivity index (χ1) is 10.8. The number of benzene rings is 2. The molecule has 0 bridgehead atoms. The molecular formula is C18H22N4. The van der Waals surface area contributed by atoms with Crippen LogP contribution in [0.15, 0.2) is 53.5 Å². The van der Waals surface area contributed by atoms with Crippen molar-refractivity contribution in [3.8, 4) is 0 Å². The van der Waals surface area contributed by atoms with Gasteiger partial charge in [0.2, 0.25) is 0 Å². The van der Waals surface area contributed by atoms with Gasteiger partial charge in [0, 0.05) is 31.4 Å². The number of para-hydroxylation sites is 3. The van der Waals surface area contributed by atoms with Gasteiger partial charge in [0.05, 0.1) is 11.4 Å². The number of nitrogens with one attached hydrogen (secondary N) is 2. The van der Waals surface area contributed by atoms with Crippen LogP contribution in [-0.2, 0) is 0 Å². The highest BCUT2D eigenvalue weighted by Gasteiger charge is 2.18. The molecule has 0 saturated heterocycles. The Bertz CT molecular complexity index is 678. The SMILES string of the molecule is CCNCCN(C)C1=Nc2ccccc2Nc2ccccc21. The predicted molar refractivity (Wildman–Crippen MR) is 93.5 cm³/mol. The molecule has 0 aromatic heterocycles. The Labute approximate surface area is 131 Å². The van der Waals surface area contributed by atoms with Gasteiger partial charge in [-0.3, -0.25) is 0 Å². The lowest BCUT2D eigenvalue weighted by molar-refractivity contribution is 0.487. The van der Waals surface area contributed by atoms with E-state index >= 15 is 0 Å². The van der Waals surface area contributed by atoms with Crippen molar-refractivity contribution in [2.75, 3.05) is 32.0 Å². The average molecular weight is 294 g/mol. The molecule has 22 heavy (non-hydrogen) atoms. The van der Waals surface area contributed by atoms with Crippen molar-refractivity contribution < 1.29 is 0 Å². The second-order valence-corrected chi connectivity index (χ2v) is 5.40. The third-order valence-electron chi connectivity index (χ3n) is 3.80. The summed E-state index contributed by atoms with van der Waals surface area (Å²) >= 11 is 0. The standard InChI is InChI=1S/C18H22N4/c1-3-19-12-13-22(2)18-14-8-4-5-9-15(14)20-16-10-6-7-11-17(16)21-18/h4-11,19-20H,3,12-13H2,1-2H3. The molecule has 0 amide bonds. The second kappa shape index (κ2) is 6.62. The molecule has 4 nitrogen and oxygen atoms in total. The molecule has 114 valence electrons. The molecule has 0 saturated carbocycles. The fourth-order valence-electron chi connectivity index (χ4n) is 2.60. The number of aliphatic imine (C=N–C) groups is 1. The van der Waals surface area contributed by atoms with Gasteiger partial charge < -0.3 is 15.5 Å². The molecule has 0 spiro atoms. The van der Waals surface area contributed by atoms with Crippen molar-refractivity contribution >= 4 is 22.9 Å². The van der Waals surface area contributed by atoms with Crippen LogP contribution in [0.3, 0.4) is 0 Å². The van der Waals surface area contributed by atoms with Crippen LogP contribution in [0, 0.1) is 0 Å². The maximum atomic E-state index is 4.91. The van der Waals surface area contributed by atoms with Crippen LogP contribution in [0.25, 0.3) is 0 Å². The van der Waals surface area contributed by atoms with E-state index in [2.05, 4.69) is 59.8 Å². The van der Waals surface area contributed by atoms with Crippen molar-refractivity contribution in [2.24, 2.45) is 4.99 Å². The largest absolute Gasteiger partial charge is 0.358 e. The predicted octanol–water partition coefficient (Wildman–Crippen LogP) is 3.36. The molecule has 0 radical (unpaired) electrons. The zero-order chi connectivity index (χ0) is 15.4. The Hall–Kier alpha value is -2.33. The molecule has 1 aliphatic heterocycles.